The molecule has 0 saturated carbocycles. The van der Waals surface area contributed by atoms with Crippen LogP contribution in [-0.2, 0) is 4.74 Å². The fraction of sp³-hybridized carbons (Fsp3) is 0.455. The SMILES string of the molecule is C[C@@]1(O)[C@H](O)C(O)O[C@H]1c1coc2c(N)nc(N)nc12. The molecular formula is C11H14N4O5. The summed E-state index contributed by atoms with van der Waals surface area (Å²) >= 11 is 0. The normalized spacial score (nSPS) is 33.9. The van der Waals surface area contributed by atoms with Gasteiger partial charge in [-0.05, 0) is 6.92 Å². The number of nitrogens with two attached hydrogens (primary N) is 2. The Morgan fingerprint density at radius 2 is 2.00 bits per heavy atom. The van der Waals surface area contributed by atoms with Crippen LogP contribution in [-0.4, -0.2) is 43.3 Å². The van der Waals surface area contributed by atoms with Crippen LogP contribution in [0.2, 0.25) is 0 Å². The third-order valence-electron chi connectivity index (χ3n) is 3.44. The summed E-state index contributed by atoms with van der Waals surface area (Å²) in [5, 5.41) is 29.6. The van der Waals surface area contributed by atoms with E-state index < -0.39 is 24.1 Å². The van der Waals surface area contributed by atoms with E-state index in [4.69, 9.17) is 20.6 Å². The summed E-state index contributed by atoms with van der Waals surface area (Å²) < 4.78 is 10.4. The molecule has 0 aliphatic carbocycles. The van der Waals surface area contributed by atoms with E-state index in [1.54, 1.807) is 0 Å². The summed E-state index contributed by atoms with van der Waals surface area (Å²) in [5.41, 5.74) is 10.3. The Labute approximate surface area is 112 Å². The van der Waals surface area contributed by atoms with Gasteiger partial charge < -0.3 is 35.9 Å². The second kappa shape index (κ2) is 4.03. The maximum atomic E-state index is 10.3. The first kappa shape index (κ1) is 13.1. The summed E-state index contributed by atoms with van der Waals surface area (Å²) in [6.45, 7) is 1.34. The molecule has 108 valence electrons. The van der Waals surface area contributed by atoms with E-state index in [1.807, 2.05) is 0 Å². The Hall–Kier alpha value is -1.94. The predicted octanol–water partition coefficient (Wildman–Crippen LogP) is -1.11. The highest BCUT2D eigenvalue weighted by Gasteiger charge is 2.53. The molecule has 2 aromatic heterocycles. The van der Waals surface area contributed by atoms with Gasteiger partial charge in [0.15, 0.2) is 17.7 Å². The average Bonchev–Trinajstić information content (AvgIpc) is 2.85. The monoisotopic (exact) mass is 282 g/mol. The molecule has 9 nitrogen and oxygen atoms in total. The van der Waals surface area contributed by atoms with Gasteiger partial charge in [-0.25, -0.2) is 4.98 Å². The largest absolute Gasteiger partial charge is 0.458 e. The van der Waals surface area contributed by atoms with Gasteiger partial charge in [0.2, 0.25) is 5.95 Å². The molecule has 1 fully saturated rings. The molecule has 7 N–H and O–H groups in total. The molecule has 1 saturated heterocycles. The van der Waals surface area contributed by atoms with Crippen LogP contribution in [0.3, 0.4) is 0 Å². The van der Waals surface area contributed by atoms with Crippen LogP contribution < -0.4 is 11.5 Å². The third-order valence-corrected chi connectivity index (χ3v) is 3.44. The molecule has 0 bridgehead atoms. The van der Waals surface area contributed by atoms with Crippen LogP contribution in [0, 0.1) is 0 Å². The zero-order valence-corrected chi connectivity index (χ0v) is 10.5. The lowest BCUT2D eigenvalue weighted by molar-refractivity contribution is -0.128. The van der Waals surface area contributed by atoms with Crippen LogP contribution in [0.5, 0.6) is 0 Å². The number of hydrogen-bond donors (Lipinski definition) is 5. The van der Waals surface area contributed by atoms with Gasteiger partial charge in [-0.1, -0.05) is 0 Å². The minimum atomic E-state index is -1.72. The van der Waals surface area contributed by atoms with Crippen molar-refractivity contribution in [3.05, 3.63) is 11.8 Å². The number of aliphatic hydroxyl groups excluding tert-OH is 2. The number of aliphatic hydroxyl groups is 3. The number of nitrogen functional groups attached to an aromatic ring is 2. The quantitative estimate of drug-likeness (QED) is 0.436. The molecule has 1 unspecified atom stereocenters. The number of hydrogen-bond acceptors (Lipinski definition) is 9. The van der Waals surface area contributed by atoms with Crippen molar-refractivity contribution in [3.63, 3.8) is 0 Å². The van der Waals surface area contributed by atoms with Gasteiger partial charge in [0.25, 0.3) is 0 Å². The number of nitrogens with zero attached hydrogens (tertiary/aromatic N) is 2. The molecule has 0 amide bonds. The third kappa shape index (κ3) is 1.64. The predicted molar refractivity (Wildman–Crippen MR) is 67.1 cm³/mol. The molecule has 9 heteroatoms. The summed E-state index contributed by atoms with van der Waals surface area (Å²) in [6.07, 6.45) is -2.74. The molecule has 0 spiro atoms. The number of furan rings is 1. The molecule has 3 rings (SSSR count). The second-order valence-electron chi connectivity index (χ2n) is 4.91. The van der Waals surface area contributed by atoms with Gasteiger partial charge in [-0.3, -0.25) is 0 Å². The fourth-order valence-corrected chi connectivity index (χ4v) is 2.35. The molecular weight excluding hydrogens is 268 g/mol. The zero-order chi connectivity index (χ0) is 14.7. The van der Waals surface area contributed by atoms with Crippen molar-refractivity contribution >= 4 is 22.9 Å². The first-order valence-corrected chi connectivity index (χ1v) is 5.86. The lowest BCUT2D eigenvalue weighted by Crippen LogP contribution is -2.42. The van der Waals surface area contributed by atoms with E-state index in [2.05, 4.69) is 9.97 Å². The van der Waals surface area contributed by atoms with Gasteiger partial charge in [0.1, 0.15) is 23.3 Å². The van der Waals surface area contributed by atoms with E-state index in [0.29, 0.717) is 5.56 Å². The fourth-order valence-electron chi connectivity index (χ4n) is 2.35. The van der Waals surface area contributed by atoms with Crippen molar-refractivity contribution in [2.45, 2.75) is 31.0 Å². The number of fused-ring (bicyclic) bond motifs is 1. The first-order chi connectivity index (χ1) is 9.32. The topological polar surface area (TPSA) is 161 Å². The van der Waals surface area contributed by atoms with Crippen molar-refractivity contribution in [1.82, 2.24) is 9.97 Å². The second-order valence-corrected chi connectivity index (χ2v) is 4.91. The lowest BCUT2D eigenvalue weighted by Gasteiger charge is -2.25. The highest BCUT2D eigenvalue weighted by Crippen LogP contribution is 2.43. The summed E-state index contributed by atoms with van der Waals surface area (Å²) in [4.78, 5) is 7.75. The molecule has 0 radical (unpaired) electrons. The van der Waals surface area contributed by atoms with Crippen molar-refractivity contribution in [1.29, 1.82) is 0 Å². The molecule has 3 heterocycles. The summed E-state index contributed by atoms with van der Waals surface area (Å²) in [5.74, 6) is -0.00567. The summed E-state index contributed by atoms with van der Waals surface area (Å²) in [7, 11) is 0. The van der Waals surface area contributed by atoms with E-state index in [9.17, 15) is 15.3 Å². The molecule has 4 atom stereocenters. The maximum absolute atomic E-state index is 10.3. The molecule has 0 aromatic carbocycles. The number of ether oxygens (including phenoxy) is 1. The van der Waals surface area contributed by atoms with Crippen LogP contribution in [0.4, 0.5) is 11.8 Å². The van der Waals surface area contributed by atoms with E-state index in [0.717, 1.165) is 0 Å². The molecule has 1 aliphatic rings. The number of rotatable bonds is 1. The van der Waals surface area contributed by atoms with Gasteiger partial charge in [0, 0.05) is 5.56 Å². The van der Waals surface area contributed by atoms with Crippen molar-refractivity contribution in [3.8, 4) is 0 Å². The Morgan fingerprint density at radius 1 is 1.30 bits per heavy atom. The van der Waals surface area contributed by atoms with E-state index in [1.165, 1.54) is 13.2 Å². The van der Waals surface area contributed by atoms with Crippen molar-refractivity contribution < 1.29 is 24.5 Å². The highest BCUT2D eigenvalue weighted by atomic mass is 16.6. The highest BCUT2D eigenvalue weighted by molar-refractivity contribution is 5.86. The van der Waals surface area contributed by atoms with Crippen LogP contribution in [0.15, 0.2) is 10.7 Å². The van der Waals surface area contributed by atoms with Crippen LogP contribution >= 0.6 is 0 Å². The Morgan fingerprint density at radius 3 is 2.60 bits per heavy atom. The lowest BCUT2D eigenvalue weighted by atomic mass is 9.91. The van der Waals surface area contributed by atoms with Gasteiger partial charge in [-0.15, -0.1) is 0 Å². The van der Waals surface area contributed by atoms with Gasteiger partial charge in [-0.2, -0.15) is 4.98 Å². The Kier molecular flexibility index (Phi) is 2.63. The maximum Gasteiger partial charge on any atom is 0.222 e. The van der Waals surface area contributed by atoms with Gasteiger partial charge >= 0.3 is 0 Å². The minimum Gasteiger partial charge on any atom is -0.458 e. The van der Waals surface area contributed by atoms with Crippen LogP contribution in [0.25, 0.3) is 11.1 Å². The van der Waals surface area contributed by atoms with E-state index in [-0.39, 0.29) is 22.9 Å². The minimum absolute atomic E-state index is 0.0532. The van der Waals surface area contributed by atoms with Crippen molar-refractivity contribution in [2.24, 2.45) is 0 Å². The summed E-state index contributed by atoms with van der Waals surface area (Å²) in [6, 6.07) is 0. The number of aromatic nitrogens is 2. The van der Waals surface area contributed by atoms with Gasteiger partial charge in [0.05, 0.1) is 6.26 Å². The molecule has 2 aromatic rings. The molecule has 1 aliphatic heterocycles. The smallest absolute Gasteiger partial charge is 0.222 e. The van der Waals surface area contributed by atoms with Crippen LogP contribution in [0.1, 0.15) is 18.6 Å². The standard InChI is InChI=1S/C11H14N4O5/c1-11(18)6(16)9(17)20-7(11)3-2-19-5-4(3)14-10(13)15-8(5)12/h2,6-7,9,16-18H,1H3,(H4,12,13,14,15)/t6-,7+,9?,11-/m1/s1. The molecule has 20 heavy (non-hydrogen) atoms. The van der Waals surface area contributed by atoms with Crippen molar-refractivity contribution in [2.75, 3.05) is 11.5 Å². The number of anilines is 2. The Balaban J connectivity index is 2.16. The van der Waals surface area contributed by atoms with E-state index >= 15 is 0 Å². The average molecular weight is 282 g/mol. The Bertz CT molecular complexity index is 670. The first-order valence-electron chi connectivity index (χ1n) is 5.86. The zero-order valence-electron chi connectivity index (χ0n) is 10.5.